The van der Waals surface area contributed by atoms with Gasteiger partial charge >= 0.3 is 5.97 Å². The van der Waals surface area contributed by atoms with Crippen LogP contribution in [0.1, 0.15) is 15.9 Å². The van der Waals surface area contributed by atoms with Crippen molar-refractivity contribution in [3.8, 4) is 5.75 Å². The molecule has 2 aromatic rings. The maximum atomic E-state index is 11.9. The minimum atomic E-state index is -0.422. The van der Waals surface area contributed by atoms with Crippen LogP contribution in [0, 0.1) is 0 Å². The number of hydrogen-bond acceptors (Lipinski definition) is 3. The second kappa shape index (κ2) is 5.77. The molecule has 0 radical (unpaired) electrons. The van der Waals surface area contributed by atoms with Crippen LogP contribution in [0.5, 0.6) is 5.75 Å². The SMILES string of the molecule is O=CCc1ccccc1OC(=O)c1ccccc1. The summed E-state index contributed by atoms with van der Waals surface area (Å²) in [6.07, 6.45) is 1.02. The van der Waals surface area contributed by atoms with Crippen LogP contribution in [-0.4, -0.2) is 12.3 Å². The number of benzene rings is 2. The minimum absolute atomic E-state index is 0.234. The Morgan fingerprint density at radius 3 is 2.39 bits per heavy atom. The van der Waals surface area contributed by atoms with Crippen molar-refractivity contribution in [2.75, 3.05) is 0 Å². The second-order valence-electron chi connectivity index (χ2n) is 3.73. The molecule has 0 unspecified atom stereocenters. The predicted octanol–water partition coefficient (Wildman–Crippen LogP) is 2.65. The van der Waals surface area contributed by atoms with E-state index in [1.807, 2.05) is 6.07 Å². The topological polar surface area (TPSA) is 43.4 Å². The zero-order valence-corrected chi connectivity index (χ0v) is 9.71. The van der Waals surface area contributed by atoms with E-state index in [1.165, 1.54) is 0 Å². The fourth-order valence-electron chi connectivity index (χ4n) is 1.59. The van der Waals surface area contributed by atoms with Crippen molar-refractivity contribution in [1.82, 2.24) is 0 Å². The van der Waals surface area contributed by atoms with Crippen LogP contribution in [-0.2, 0) is 11.2 Å². The first-order chi connectivity index (χ1) is 8.81. The summed E-state index contributed by atoms with van der Waals surface area (Å²) in [5, 5.41) is 0. The van der Waals surface area contributed by atoms with Crippen molar-refractivity contribution in [2.45, 2.75) is 6.42 Å². The van der Waals surface area contributed by atoms with Crippen LogP contribution < -0.4 is 4.74 Å². The zero-order chi connectivity index (χ0) is 12.8. The first kappa shape index (κ1) is 12.0. The molecular formula is C15H12O3. The molecule has 0 atom stereocenters. The molecule has 90 valence electrons. The second-order valence-corrected chi connectivity index (χ2v) is 3.73. The minimum Gasteiger partial charge on any atom is -0.423 e. The van der Waals surface area contributed by atoms with Gasteiger partial charge in [0, 0.05) is 12.0 Å². The lowest BCUT2D eigenvalue weighted by Crippen LogP contribution is -2.09. The number of ether oxygens (including phenoxy) is 1. The molecule has 0 saturated heterocycles. The molecule has 0 aliphatic heterocycles. The lowest BCUT2D eigenvalue weighted by atomic mass is 10.1. The van der Waals surface area contributed by atoms with Crippen LogP contribution >= 0.6 is 0 Å². The molecule has 0 bridgehead atoms. The maximum Gasteiger partial charge on any atom is 0.343 e. The van der Waals surface area contributed by atoms with E-state index >= 15 is 0 Å². The summed E-state index contributed by atoms with van der Waals surface area (Å²) in [6.45, 7) is 0. The van der Waals surface area contributed by atoms with Crippen LogP contribution in [0.3, 0.4) is 0 Å². The number of rotatable bonds is 4. The standard InChI is InChI=1S/C15H12O3/c16-11-10-12-6-4-5-9-14(12)18-15(17)13-7-2-1-3-8-13/h1-9,11H,10H2. The van der Waals surface area contributed by atoms with Gasteiger partial charge in [-0.1, -0.05) is 36.4 Å². The Labute approximate surface area is 105 Å². The highest BCUT2D eigenvalue weighted by molar-refractivity contribution is 5.91. The van der Waals surface area contributed by atoms with Crippen molar-refractivity contribution in [1.29, 1.82) is 0 Å². The molecule has 3 nitrogen and oxygen atoms in total. The summed E-state index contributed by atoms with van der Waals surface area (Å²) < 4.78 is 5.29. The van der Waals surface area contributed by atoms with E-state index in [2.05, 4.69) is 0 Å². The van der Waals surface area contributed by atoms with E-state index in [-0.39, 0.29) is 6.42 Å². The molecule has 18 heavy (non-hydrogen) atoms. The van der Waals surface area contributed by atoms with E-state index in [1.54, 1.807) is 48.5 Å². The molecule has 0 spiro atoms. The van der Waals surface area contributed by atoms with Gasteiger partial charge in [-0.2, -0.15) is 0 Å². The van der Waals surface area contributed by atoms with Crippen molar-refractivity contribution >= 4 is 12.3 Å². The molecule has 0 amide bonds. The molecule has 2 aromatic carbocycles. The van der Waals surface area contributed by atoms with Gasteiger partial charge in [0.15, 0.2) is 0 Å². The van der Waals surface area contributed by atoms with E-state index in [4.69, 9.17) is 4.74 Å². The van der Waals surface area contributed by atoms with Gasteiger partial charge in [-0.25, -0.2) is 4.79 Å². The Balaban J connectivity index is 2.19. The zero-order valence-electron chi connectivity index (χ0n) is 9.71. The average Bonchev–Trinajstić information content (AvgIpc) is 2.42. The molecule has 3 heteroatoms. The van der Waals surface area contributed by atoms with Gasteiger partial charge in [0.25, 0.3) is 0 Å². The van der Waals surface area contributed by atoms with E-state index < -0.39 is 5.97 Å². The van der Waals surface area contributed by atoms with Gasteiger partial charge in [-0.3, -0.25) is 0 Å². The number of para-hydroxylation sites is 1. The fraction of sp³-hybridized carbons (Fsp3) is 0.0667. The molecule has 0 saturated carbocycles. The Hall–Kier alpha value is -2.42. The quantitative estimate of drug-likeness (QED) is 0.469. The summed E-state index contributed by atoms with van der Waals surface area (Å²) in [6, 6.07) is 15.8. The van der Waals surface area contributed by atoms with Crippen molar-refractivity contribution in [3.05, 3.63) is 65.7 Å². The Morgan fingerprint density at radius 1 is 1.00 bits per heavy atom. The number of esters is 1. The highest BCUT2D eigenvalue weighted by Crippen LogP contribution is 2.19. The molecule has 0 N–H and O–H groups in total. The summed E-state index contributed by atoms with van der Waals surface area (Å²) >= 11 is 0. The van der Waals surface area contributed by atoms with Crippen LogP contribution in [0.4, 0.5) is 0 Å². The highest BCUT2D eigenvalue weighted by atomic mass is 16.5. The van der Waals surface area contributed by atoms with Crippen LogP contribution in [0.15, 0.2) is 54.6 Å². The normalized spacial score (nSPS) is 9.78. The first-order valence-corrected chi connectivity index (χ1v) is 5.60. The largest absolute Gasteiger partial charge is 0.423 e. The summed E-state index contributed by atoms with van der Waals surface area (Å²) in [7, 11) is 0. The summed E-state index contributed by atoms with van der Waals surface area (Å²) in [5.41, 5.74) is 1.19. The number of carbonyl (C=O) groups excluding carboxylic acids is 2. The molecule has 0 fully saturated rings. The molecule has 0 heterocycles. The highest BCUT2D eigenvalue weighted by Gasteiger charge is 2.10. The van der Waals surface area contributed by atoms with Gasteiger partial charge in [0.2, 0.25) is 0 Å². The van der Waals surface area contributed by atoms with Gasteiger partial charge < -0.3 is 9.53 Å². The van der Waals surface area contributed by atoms with Gasteiger partial charge in [-0.15, -0.1) is 0 Å². The Bertz CT molecular complexity index is 547. The average molecular weight is 240 g/mol. The molecule has 0 aliphatic rings. The van der Waals surface area contributed by atoms with Crippen LogP contribution in [0.2, 0.25) is 0 Å². The summed E-state index contributed by atoms with van der Waals surface area (Å²) in [4.78, 5) is 22.4. The molecule has 2 rings (SSSR count). The van der Waals surface area contributed by atoms with Gasteiger partial charge in [-0.05, 0) is 18.2 Å². The Kier molecular flexibility index (Phi) is 3.86. The van der Waals surface area contributed by atoms with E-state index in [0.717, 1.165) is 6.29 Å². The number of hydrogen-bond donors (Lipinski definition) is 0. The summed E-state index contributed by atoms with van der Waals surface area (Å²) in [5.74, 6) is 0.00685. The van der Waals surface area contributed by atoms with Crippen LogP contribution in [0.25, 0.3) is 0 Å². The lowest BCUT2D eigenvalue weighted by Gasteiger charge is -2.07. The maximum absolute atomic E-state index is 11.9. The smallest absolute Gasteiger partial charge is 0.343 e. The lowest BCUT2D eigenvalue weighted by molar-refractivity contribution is -0.107. The third-order valence-corrected chi connectivity index (χ3v) is 2.49. The predicted molar refractivity (Wildman–Crippen MR) is 67.6 cm³/mol. The van der Waals surface area contributed by atoms with E-state index in [9.17, 15) is 9.59 Å². The monoisotopic (exact) mass is 240 g/mol. The molecular weight excluding hydrogens is 228 g/mol. The molecule has 0 aliphatic carbocycles. The van der Waals surface area contributed by atoms with Gasteiger partial charge in [0.1, 0.15) is 12.0 Å². The third-order valence-electron chi connectivity index (χ3n) is 2.49. The molecule has 0 aromatic heterocycles. The van der Waals surface area contributed by atoms with E-state index in [0.29, 0.717) is 16.9 Å². The third kappa shape index (κ3) is 2.83. The first-order valence-electron chi connectivity index (χ1n) is 5.60. The Morgan fingerprint density at radius 2 is 1.67 bits per heavy atom. The van der Waals surface area contributed by atoms with Crippen molar-refractivity contribution in [3.63, 3.8) is 0 Å². The van der Waals surface area contributed by atoms with Crippen molar-refractivity contribution in [2.24, 2.45) is 0 Å². The van der Waals surface area contributed by atoms with Gasteiger partial charge in [0.05, 0.1) is 5.56 Å². The number of aldehydes is 1. The number of carbonyl (C=O) groups is 2. The fourth-order valence-corrected chi connectivity index (χ4v) is 1.59. The van der Waals surface area contributed by atoms with Crippen molar-refractivity contribution < 1.29 is 14.3 Å².